The van der Waals surface area contributed by atoms with Crippen LogP contribution in [0.25, 0.3) is 0 Å². The fourth-order valence-electron chi connectivity index (χ4n) is 5.74. The van der Waals surface area contributed by atoms with Gasteiger partial charge in [0.2, 0.25) is 5.82 Å². The lowest BCUT2D eigenvalue weighted by molar-refractivity contribution is -0.164. The van der Waals surface area contributed by atoms with Crippen molar-refractivity contribution in [2.24, 2.45) is 0 Å². The second-order valence-electron chi connectivity index (χ2n) is 13.4. The molecule has 4 atom stereocenters. The Hall–Kier alpha value is -5.95. The highest BCUT2D eigenvalue weighted by atomic mass is 19.1. The third-order valence-corrected chi connectivity index (χ3v) is 8.53. The number of aromatic nitrogens is 2. The van der Waals surface area contributed by atoms with E-state index >= 15 is 4.39 Å². The average molecular weight is 774 g/mol. The summed E-state index contributed by atoms with van der Waals surface area (Å²) in [5.74, 6) is -2.77. The van der Waals surface area contributed by atoms with E-state index in [2.05, 4.69) is 0 Å². The Bertz CT molecular complexity index is 2010. The van der Waals surface area contributed by atoms with Gasteiger partial charge in [-0.3, -0.25) is 14.3 Å². The number of likely N-dealkylation sites (tertiary alicyclic amines) is 1. The molecule has 0 unspecified atom stereocenters. The van der Waals surface area contributed by atoms with Crippen molar-refractivity contribution in [1.82, 2.24) is 14.0 Å². The number of benzene rings is 2. The molecule has 1 N–H and O–H groups in total. The third kappa shape index (κ3) is 9.41. The summed E-state index contributed by atoms with van der Waals surface area (Å²) in [5, 5.41) is 11.7. The molecule has 2 aliphatic heterocycles. The molecule has 0 bridgehead atoms. The topological polar surface area (TPSA) is 210 Å². The molecule has 5 rings (SSSR count). The molecule has 2 saturated heterocycles. The van der Waals surface area contributed by atoms with Gasteiger partial charge in [0.25, 0.3) is 5.56 Å². The van der Waals surface area contributed by atoms with Gasteiger partial charge in [-0.1, -0.05) is 0 Å². The minimum absolute atomic E-state index is 0.0210. The lowest BCUT2D eigenvalue weighted by atomic mass is 9.95. The van der Waals surface area contributed by atoms with Crippen molar-refractivity contribution in [2.75, 3.05) is 27.4 Å². The Balaban J connectivity index is 1.36. The van der Waals surface area contributed by atoms with Crippen LogP contribution in [0, 0.1) is 5.82 Å². The van der Waals surface area contributed by atoms with E-state index in [1.807, 2.05) is 0 Å². The third-order valence-electron chi connectivity index (χ3n) is 8.53. The first kappa shape index (κ1) is 40.2. The molecule has 0 spiro atoms. The SMILES string of the molecule is COc1ccc(OC(=O)OC[C@H]2O[C@@H](n3cc(F)c(=O)n(COC(=O)[C@@H]4CCCN4C(=O)OC(C)(C)C)c3=O)C[C@@]2(O)C(=O)Oc2ccc(OC)cc2)cc1. The maximum Gasteiger partial charge on any atom is 0.513 e. The maximum atomic E-state index is 15.1. The predicted molar refractivity (Wildman–Crippen MR) is 184 cm³/mol. The standard InChI is InChI=1S/C36H40FN3O15/c1-35(2,3)55-33(45)38-16-6-7-26(38)30(42)51-20-40-29(41)25(37)18-39(32(40)44)28-17-36(47,31(43)52-23-12-8-21(48-4)9-13-23)27(54-28)19-50-34(46)53-24-14-10-22(49-5)11-15-24/h8-15,18,26-28,47H,6-7,16-17,19-20H2,1-5H3/t26-,27+,28+,36-/m0/s1. The van der Waals surface area contributed by atoms with Crippen molar-refractivity contribution in [3.8, 4) is 23.0 Å². The molecule has 1 aromatic heterocycles. The summed E-state index contributed by atoms with van der Waals surface area (Å²) >= 11 is 0. The van der Waals surface area contributed by atoms with Crippen LogP contribution in [0.4, 0.5) is 14.0 Å². The van der Waals surface area contributed by atoms with Gasteiger partial charge in [0.15, 0.2) is 12.3 Å². The molecule has 0 radical (unpaired) electrons. The molecule has 2 aromatic carbocycles. The minimum Gasteiger partial charge on any atom is -0.497 e. The smallest absolute Gasteiger partial charge is 0.497 e. The summed E-state index contributed by atoms with van der Waals surface area (Å²) in [5.41, 5.74) is -6.20. The number of hydrogen-bond donors (Lipinski definition) is 1. The molecule has 3 heterocycles. The second kappa shape index (κ2) is 16.6. The summed E-state index contributed by atoms with van der Waals surface area (Å²) in [6.45, 7) is 3.26. The fourth-order valence-corrected chi connectivity index (χ4v) is 5.74. The van der Waals surface area contributed by atoms with E-state index in [0.29, 0.717) is 28.7 Å². The number of halogens is 1. The normalized spacial score (nSPS) is 20.7. The first-order valence-electron chi connectivity index (χ1n) is 16.9. The molecule has 19 heteroatoms. The number of hydrogen-bond acceptors (Lipinski definition) is 15. The first-order chi connectivity index (χ1) is 26.0. The van der Waals surface area contributed by atoms with Gasteiger partial charge in [-0.15, -0.1) is 0 Å². The van der Waals surface area contributed by atoms with Crippen LogP contribution >= 0.6 is 0 Å². The van der Waals surface area contributed by atoms with Gasteiger partial charge in [0, 0.05) is 13.0 Å². The molecule has 3 aromatic rings. The van der Waals surface area contributed by atoms with Crippen molar-refractivity contribution >= 4 is 24.2 Å². The molecule has 0 aliphatic carbocycles. The molecular weight excluding hydrogens is 733 g/mol. The Morgan fingerprint density at radius 2 is 1.49 bits per heavy atom. The Morgan fingerprint density at radius 3 is 2.07 bits per heavy atom. The highest BCUT2D eigenvalue weighted by Crippen LogP contribution is 2.38. The quantitative estimate of drug-likeness (QED) is 0.129. The van der Waals surface area contributed by atoms with Gasteiger partial charge in [0.1, 0.15) is 53.6 Å². The van der Waals surface area contributed by atoms with E-state index in [0.717, 1.165) is 4.90 Å². The number of nitrogens with zero attached hydrogens (tertiary/aromatic N) is 3. The molecule has 0 saturated carbocycles. The lowest BCUT2D eigenvalue weighted by Gasteiger charge is -2.27. The number of rotatable bonds is 11. The second-order valence-corrected chi connectivity index (χ2v) is 13.4. The van der Waals surface area contributed by atoms with Crippen LogP contribution in [0.15, 0.2) is 64.3 Å². The van der Waals surface area contributed by atoms with E-state index in [9.17, 15) is 33.9 Å². The molecule has 18 nitrogen and oxygen atoms in total. The van der Waals surface area contributed by atoms with Crippen molar-refractivity contribution < 1.29 is 66.6 Å². The molecule has 1 amide bonds. The highest BCUT2D eigenvalue weighted by molar-refractivity contribution is 5.83. The maximum absolute atomic E-state index is 15.1. The van der Waals surface area contributed by atoms with Gasteiger partial charge in [-0.2, -0.15) is 4.39 Å². The Labute approximate surface area is 312 Å². The predicted octanol–water partition coefficient (Wildman–Crippen LogP) is 2.91. The van der Waals surface area contributed by atoms with E-state index in [1.165, 1.54) is 62.8 Å². The lowest BCUT2D eigenvalue weighted by Crippen LogP contribution is -2.50. The highest BCUT2D eigenvalue weighted by Gasteiger charge is 2.56. The number of methoxy groups -OCH3 is 2. The van der Waals surface area contributed by atoms with E-state index < -0.39 is 90.6 Å². The number of carbonyl (C=O) groups excluding carboxylic acids is 4. The number of esters is 2. The molecule has 55 heavy (non-hydrogen) atoms. The van der Waals surface area contributed by atoms with Crippen LogP contribution in [0.5, 0.6) is 23.0 Å². The van der Waals surface area contributed by atoms with Gasteiger partial charge in [-0.05, 0) is 82.1 Å². The zero-order valence-electron chi connectivity index (χ0n) is 30.6. The molecule has 2 aliphatic rings. The minimum atomic E-state index is -2.64. The summed E-state index contributed by atoms with van der Waals surface area (Å²) in [7, 11) is 2.88. The Morgan fingerprint density at radius 1 is 0.909 bits per heavy atom. The largest absolute Gasteiger partial charge is 0.513 e. The summed E-state index contributed by atoms with van der Waals surface area (Å²) in [4.78, 5) is 79.4. The van der Waals surface area contributed by atoms with E-state index in [4.69, 9.17) is 37.9 Å². The number of ether oxygens (including phenoxy) is 8. The monoisotopic (exact) mass is 773 g/mol. The zero-order valence-corrected chi connectivity index (χ0v) is 30.6. The summed E-state index contributed by atoms with van der Waals surface area (Å²) in [6, 6.07) is 10.5. The molecule has 296 valence electrons. The average Bonchev–Trinajstić information content (AvgIpc) is 3.78. The van der Waals surface area contributed by atoms with Crippen LogP contribution in [0.1, 0.15) is 46.3 Å². The Kier molecular flexibility index (Phi) is 12.1. The summed E-state index contributed by atoms with van der Waals surface area (Å²) in [6.07, 6.45) is -5.05. The van der Waals surface area contributed by atoms with Crippen molar-refractivity contribution in [3.63, 3.8) is 0 Å². The van der Waals surface area contributed by atoms with Crippen molar-refractivity contribution in [3.05, 3.63) is 81.4 Å². The van der Waals surface area contributed by atoms with Gasteiger partial charge >= 0.3 is 29.9 Å². The van der Waals surface area contributed by atoms with Crippen LogP contribution in [0.3, 0.4) is 0 Å². The van der Waals surface area contributed by atoms with Gasteiger partial charge < -0.3 is 43.0 Å². The molecular formula is C36H40FN3O15. The van der Waals surface area contributed by atoms with Crippen LogP contribution in [-0.4, -0.2) is 94.0 Å². The van der Waals surface area contributed by atoms with Crippen LogP contribution < -0.4 is 30.2 Å². The van der Waals surface area contributed by atoms with E-state index in [1.54, 1.807) is 20.8 Å². The van der Waals surface area contributed by atoms with Gasteiger partial charge in [0.05, 0.1) is 20.4 Å². The zero-order chi connectivity index (χ0) is 40.1. The van der Waals surface area contributed by atoms with Crippen LogP contribution in [0.2, 0.25) is 0 Å². The molecule has 2 fully saturated rings. The van der Waals surface area contributed by atoms with E-state index in [-0.39, 0.29) is 29.0 Å². The van der Waals surface area contributed by atoms with Crippen molar-refractivity contribution in [1.29, 1.82) is 0 Å². The van der Waals surface area contributed by atoms with Crippen molar-refractivity contribution in [2.45, 2.75) is 76.3 Å². The fraction of sp³-hybridized carbons (Fsp3) is 0.444. The number of aliphatic hydroxyl groups is 1. The first-order valence-corrected chi connectivity index (χ1v) is 16.9. The van der Waals surface area contributed by atoms with Crippen LogP contribution in [-0.2, 0) is 35.3 Å². The summed E-state index contributed by atoms with van der Waals surface area (Å²) < 4.78 is 58.1. The number of amides is 1. The van der Waals surface area contributed by atoms with Gasteiger partial charge in [-0.25, -0.2) is 28.5 Å². The number of carbonyl (C=O) groups is 4.